The van der Waals surface area contributed by atoms with Crippen molar-refractivity contribution in [3.8, 4) is 5.75 Å². The van der Waals surface area contributed by atoms with Gasteiger partial charge in [0, 0.05) is 19.0 Å². The number of piperidine rings is 1. The smallest absolute Gasteiger partial charge is 0.268 e. The molecule has 2 N–H and O–H groups in total. The van der Waals surface area contributed by atoms with E-state index in [2.05, 4.69) is 14.9 Å². The first kappa shape index (κ1) is 15.3. The second-order valence-corrected chi connectivity index (χ2v) is 5.71. The molecular formula is C17H20N4O2. The minimum atomic E-state index is -0.555. The predicted octanol–water partition coefficient (Wildman–Crippen LogP) is 1.87. The molecule has 6 nitrogen and oxygen atoms in total. The maximum Gasteiger partial charge on any atom is 0.268 e. The zero-order valence-electron chi connectivity index (χ0n) is 12.9. The van der Waals surface area contributed by atoms with Crippen molar-refractivity contribution in [1.29, 1.82) is 0 Å². The molecule has 1 saturated heterocycles. The van der Waals surface area contributed by atoms with E-state index in [0.717, 1.165) is 31.7 Å². The summed E-state index contributed by atoms with van der Waals surface area (Å²) in [5, 5.41) is 0. The van der Waals surface area contributed by atoms with Crippen LogP contribution in [0.25, 0.3) is 0 Å². The van der Waals surface area contributed by atoms with E-state index >= 15 is 0 Å². The molecule has 2 aromatic rings. The average molecular weight is 312 g/mol. The topological polar surface area (TPSA) is 81.3 Å². The van der Waals surface area contributed by atoms with Crippen molar-refractivity contribution in [3.63, 3.8) is 0 Å². The van der Waals surface area contributed by atoms with Gasteiger partial charge in [0.1, 0.15) is 17.3 Å². The molecule has 1 aliphatic rings. The summed E-state index contributed by atoms with van der Waals surface area (Å²) in [5.41, 5.74) is 5.47. The van der Waals surface area contributed by atoms with E-state index in [9.17, 15) is 4.79 Å². The van der Waals surface area contributed by atoms with Crippen molar-refractivity contribution < 1.29 is 9.53 Å². The highest BCUT2D eigenvalue weighted by atomic mass is 16.5. The number of amides is 1. The van der Waals surface area contributed by atoms with E-state index < -0.39 is 5.91 Å². The number of hydrogen-bond acceptors (Lipinski definition) is 5. The van der Waals surface area contributed by atoms with Crippen LogP contribution in [0.3, 0.4) is 0 Å². The fourth-order valence-corrected chi connectivity index (χ4v) is 2.77. The van der Waals surface area contributed by atoms with E-state index in [1.807, 2.05) is 30.3 Å². The third-order valence-corrected chi connectivity index (χ3v) is 3.95. The SMILES string of the molecule is NC(=O)c1cncc(N2CCC[C@H](COc3ccccc3)C2)n1. The van der Waals surface area contributed by atoms with Gasteiger partial charge in [-0.25, -0.2) is 4.98 Å². The summed E-state index contributed by atoms with van der Waals surface area (Å²) in [4.78, 5) is 21.7. The van der Waals surface area contributed by atoms with Crippen LogP contribution in [-0.4, -0.2) is 35.6 Å². The van der Waals surface area contributed by atoms with Gasteiger partial charge in [-0.3, -0.25) is 9.78 Å². The molecule has 6 heteroatoms. The van der Waals surface area contributed by atoms with Crippen LogP contribution in [0.5, 0.6) is 5.75 Å². The highest BCUT2D eigenvalue weighted by Gasteiger charge is 2.22. The molecule has 1 aromatic heterocycles. The zero-order chi connectivity index (χ0) is 16.1. The number of carbonyl (C=O) groups is 1. The third-order valence-electron chi connectivity index (χ3n) is 3.95. The number of aromatic nitrogens is 2. The van der Waals surface area contributed by atoms with Crippen molar-refractivity contribution >= 4 is 11.7 Å². The second-order valence-electron chi connectivity index (χ2n) is 5.71. The summed E-state index contributed by atoms with van der Waals surface area (Å²) in [5.74, 6) is 1.45. The Morgan fingerprint density at radius 1 is 1.30 bits per heavy atom. The fourth-order valence-electron chi connectivity index (χ4n) is 2.77. The van der Waals surface area contributed by atoms with Gasteiger partial charge in [-0.05, 0) is 25.0 Å². The molecule has 2 heterocycles. The predicted molar refractivity (Wildman–Crippen MR) is 87.4 cm³/mol. The lowest BCUT2D eigenvalue weighted by atomic mass is 9.99. The molecule has 1 fully saturated rings. The number of primary amides is 1. The average Bonchev–Trinajstić information content (AvgIpc) is 2.61. The summed E-state index contributed by atoms with van der Waals surface area (Å²) in [7, 11) is 0. The van der Waals surface area contributed by atoms with Gasteiger partial charge in [0.15, 0.2) is 0 Å². The lowest BCUT2D eigenvalue weighted by molar-refractivity contribution is 0.0995. The molecule has 0 unspecified atom stereocenters. The minimum absolute atomic E-state index is 0.199. The molecule has 0 spiro atoms. The number of rotatable bonds is 5. The zero-order valence-corrected chi connectivity index (χ0v) is 12.9. The summed E-state index contributed by atoms with van der Waals surface area (Å²) < 4.78 is 5.85. The van der Waals surface area contributed by atoms with Gasteiger partial charge in [-0.1, -0.05) is 18.2 Å². The Kier molecular flexibility index (Phi) is 4.71. The van der Waals surface area contributed by atoms with E-state index in [1.165, 1.54) is 6.20 Å². The second kappa shape index (κ2) is 7.09. The molecule has 0 aliphatic carbocycles. The molecule has 0 radical (unpaired) electrons. The first-order chi connectivity index (χ1) is 11.2. The first-order valence-electron chi connectivity index (χ1n) is 7.77. The van der Waals surface area contributed by atoms with Gasteiger partial charge in [0.25, 0.3) is 5.91 Å². The van der Waals surface area contributed by atoms with Gasteiger partial charge < -0.3 is 15.4 Å². The van der Waals surface area contributed by atoms with Crippen LogP contribution < -0.4 is 15.4 Å². The standard InChI is InChI=1S/C17H20N4O2/c18-17(22)15-9-19-10-16(20-15)21-8-4-5-13(11-21)12-23-14-6-2-1-3-7-14/h1-3,6-7,9-10,13H,4-5,8,11-12H2,(H2,18,22)/t13-/m0/s1. The molecule has 1 atom stereocenters. The highest BCUT2D eigenvalue weighted by Crippen LogP contribution is 2.22. The van der Waals surface area contributed by atoms with E-state index in [1.54, 1.807) is 6.20 Å². The largest absolute Gasteiger partial charge is 0.493 e. The molecular weight excluding hydrogens is 292 g/mol. The molecule has 1 aliphatic heterocycles. The van der Waals surface area contributed by atoms with Crippen LogP contribution in [0.4, 0.5) is 5.82 Å². The van der Waals surface area contributed by atoms with Crippen LogP contribution in [0.1, 0.15) is 23.3 Å². The monoisotopic (exact) mass is 312 g/mol. The van der Waals surface area contributed by atoms with Crippen LogP contribution in [-0.2, 0) is 0 Å². The highest BCUT2D eigenvalue weighted by molar-refractivity contribution is 5.90. The van der Waals surface area contributed by atoms with Crippen LogP contribution in [0, 0.1) is 5.92 Å². The van der Waals surface area contributed by atoms with E-state index in [4.69, 9.17) is 10.5 Å². The first-order valence-corrected chi connectivity index (χ1v) is 7.77. The van der Waals surface area contributed by atoms with Crippen molar-refractivity contribution in [1.82, 2.24) is 9.97 Å². The molecule has 1 aromatic carbocycles. The molecule has 3 rings (SSSR count). The normalized spacial score (nSPS) is 17.7. The third kappa shape index (κ3) is 3.97. The summed E-state index contributed by atoms with van der Waals surface area (Å²) in [6.07, 6.45) is 5.25. The summed E-state index contributed by atoms with van der Waals surface area (Å²) in [6.45, 7) is 2.41. The van der Waals surface area contributed by atoms with E-state index in [-0.39, 0.29) is 5.69 Å². The van der Waals surface area contributed by atoms with Gasteiger partial charge >= 0.3 is 0 Å². The number of carbonyl (C=O) groups excluding carboxylic acids is 1. The molecule has 1 amide bonds. The van der Waals surface area contributed by atoms with E-state index in [0.29, 0.717) is 18.3 Å². The maximum absolute atomic E-state index is 11.2. The molecule has 120 valence electrons. The quantitative estimate of drug-likeness (QED) is 0.911. The van der Waals surface area contributed by atoms with Crippen LogP contribution in [0.15, 0.2) is 42.7 Å². The Morgan fingerprint density at radius 2 is 2.13 bits per heavy atom. The van der Waals surface area contributed by atoms with Crippen molar-refractivity contribution in [2.45, 2.75) is 12.8 Å². The fraction of sp³-hybridized carbons (Fsp3) is 0.353. The Morgan fingerprint density at radius 3 is 2.91 bits per heavy atom. The molecule has 0 saturated carbocycles. The molecule has 0 bridgehead atoms. The van der Waals surface area contributed by atoms with Gasteiger partial charge in [-0.2, -0.15) is 0 Å². The van der Waals surface area contributed by atoms with Gasteiger partial charge in [-0.15, -0.1) is 0 Å². The van der Waals surface area contributed by atoms with Crippen LogP contribution in [0.2, 0.25) is 0 Å². The van der Waals surface area contributed by atoms with Gasteiger partial charge in [0.05, 0.1) is 19.0 Å². The maximum atomic E-state index is 11.2. The number of anilines is 1. The number of nitrogens with two attached hydrogens (primary N) is 1. The van der Waals surface area contributed by atoms with Crippen molar-refractivity contribution in [2.24, 2.45) is 11.7 Å². The number of ether oxygens (including phenoxy) is 1. The van der Waals surface area contributed by atoms with Crippen molar-refractivity contribution in [2.75, 3.05) is 24.6 Å². The number of hydrogen-bond donors (Lipinski definition) is 1. The summed E-state index contributed by atoms with van der Waals surface area (Å²) >= 11 is 0. The lowest BCUT2D eigenvalue weighted by Gasteiger charge is -2.33. The van der Waals surface area contributed by atoms with Gasteiger partial charge in [0.2, 0.25) is 0 Å². The van der Waals surface area contributed by atoms with Crippen LogP contribution >= 0.6 is 0 Å². The minimum Gasteiger partial charge on any atom is -0.493 e. The Bertz CT molecular complexity index is 663. The Balaban J connectivity index is 1.62. The Hall–Kier alpha value is -2.63. The number of benzene rings is 1. The number of para-hydroxylation sites is 1. The molecule has 23 heavy (non-hydrogen) atoms. The van der Waals surface area contributed by atoms with Crippen molar-refractivity contribution in [3.05, 3.63) is 48.4 Å². The number of nitrogens with zero attached hydrogens (tertiary/aromatic N) is 3. The Labute approximate surface area is 135 Å². The lowest BCUT2D eigenvalue weighted by Crippen LogP contribution is -2.38. The summed E-state index contributed by atoms with van der Waals surface area (Å²) in [6, 6.07) is 9.82.